The number of likely N-dealkylation sites (tertiary alicyclic amines) is 2. The molecule has 1 aromatic carbocycles. The zero-order valence-electron chi connectivity index (χ0n) is 26.3. The average Bonchev–Trinajstić information content (AvgIpc) is 3.56. The molecule has 0 radical (unpaired) electrons. The molecule has 2 spiro atoms. The highest BCUT2D eigenvalue weighted by molar-refractivity contribution is 5.79. The molecule has 2 saturated carbocycles. The highest BCUT2D eigenvalue weighted by atomic mass is 16.5. The number of amides is 3. The van der Waals surface area contributed by atoms with Crippen LogP contribution in [0.4, 0.5) is 4.79 Å². The summed E-state index contributed by atoms with van der Waals surface area (Å²) in [4.78, 5) is 34.3. The molecule has 7 rings (SSSR count). The molecule has 0 bridgehead atoms. The molecule has 6 fully saturated rings. The third kappa shape index (κ3) is 5.09. The van der Waals surface area contributed by atoms with E-state index >= 15 is 0 Å². The van der Waals surface area contributed by atoms with Crippen LogP contribution >= 0.6 is 0 Å². The van der Waals surface area contributed by atoms with E-state index in [1.165, 1.54) is 31.2 Å². The van der Waals surface area contributed by atoms with E-state index in [1.54, 1.807) is 0 Å². The Kier molecular flexibility index (Phi) is 7.46. The van der Waals surface area contributed by atoms with Crippen molar-refractivity contribution >= 4 is 11.9 Å². The van der Waals surface area contributed by atoms with E-state index in [0.29, 0.717) is 41.7 Å². The molecule has 7 heteroatoms. The molecule has 6 aliphatic rings. The van der Waals surface area contributed by atoms with Crippen molar-refractivity contribution in [1.29, 1.82) is 0 Å². The summed E-state index contributed by atoms with van der Waals surface area (Å²) in [5, 5.41) is 0. The Morgan fingerprint density at radius 2 is 1.83 bits per heavy atom. The van der Waals surface area contributed by atoms with Crippen LogP contribution in [0.25, 0.3) is 0 Å². The van der Waals surface area contributed by atoms with Gasteiger partial charge in [0.25, 0.3) is 0 Å². The molecule has 1 aromatic rings. The topological polar surface area (TPSA) is 56.3 Å². The summed E-state index contributed by atoms with van der Waals surface area (Å²) in [6, 6.07) is 12.6. The number of carbonyl (C=O) groups is 2. The maximum atomic E-state index is 13.1. The van der Waals surface area contributed by atoms with Crippen molar-refractivity contribution in [2.45, 2.75) is 103 Å². The molecule has 3 amide bonds. The molecule has 4 saturated heterocycles. The Hall–Kier alpha value is -2.12. The second-order valence-electron chi connectivity index (χ2n) is 15.6. The molecule has 5 atom stereocenters. The van der Waals surface area contributed by atoms with Gasteiger partial charge in [-0.15, -0.1) is 0 Å². The van der Waals surface area contributed by atoms with Gasteiger partial charge in [-0.05, 0) is 64.0 Å². The van der Waals surface area contributed by atoms with Gasteiger partial charge in [0, 0.05) is 68.0 Å². The number of hydrogen-bond acceptors (Lipinski definition) is 4. The number of piperidine rings is 1. The van der Waals surface area contributed by atoms with E-state index in [0.717, 1.165) is 51.9 Å². The van der Waals surface area contributed by atoms with Gasteiger partial charge >= 0.3 is 6.03 Å². The number of carbonyl (C=O) groups excluding carboxylic acids is 2. The molecule has 4 heterocycles. The van der Waals surface area contributed by atoms with Crippen molar-refractivity contribution < 1.29 is 14.3 Å². The Morgan fingerprint density at radius 3 is 2.39 bits per heavy atom. The summed E-state index contributed by atoms with van der Waals surface area (Å²) in [6.45, 7) is 16.0. The fraction of sp³-hybridized carbons (Fsp3) is 0.765. The molecule has 0 aromatic heterocycles. The minimum absolute atomic E-state index is 0.0852. The molecule has 7 nitrogen and oxygen atoms in total. The van der Waals surface area contributed by atoms with Crippen molar-refractivity contribution in [2.24, 2.45) is 16.7 Å². The van der Waals surface area contributed by atoms with Gasteiger partial charge in [0.15, 0.2) is 0 Å². The van der Waals surface area contributed by atoms with Crippen molar-refractivity contribution in [3.05, 3.63) is 35.9 Å². The SMILES string of the molecule is CC(C)(C)CC(=O)N1CCC(c2ccccc2)C1.CC(C)N1C(=O)N(CC2COC2)CC12CC1N(C)C3CCC31C2. The summed E-state index contributed by atoms with van der Waals surface area (Å²) in [5.74, 6) is 1.38. The van der Waals surface area contributed by atoms with Crippen LogP contribution in [0.3, 0.4) is 0 Å². The first-order valence-corrected chi connectivity index (χ1v) is 16.1. The van der Waals surface area contributed by atoms with Crippen LogP contribution in [0, 0.1) is 16.7 Å². The molecule has 226 valence electrons. The van der Waals surface area contributed by atoms with Gasteiger partial charge in [-0.25, -0.2) is 4.79 Å². The molecule has 5 unspecified atom stereocenters. The van der Waals surface area contributed by atoms with Gasteiger partial charge in [0.05, 0.1) is 18.8 Å². The van der Waals surface area contributed by atoms with Gasteiger partial charge in [0.1, 0.15) is 0 Å². The van der Waals surface area contributed by atoms with E-state index in [4.69, 9.17) is 4.74 Å². The van der Waals surface area contributed by atoms with Crippen LogP contribution in [0.5, 0.6) is 0 Å². The molecule has 4 aliphatic heterocycles. The number of urea groups is 1. The molecular weight excluding hydrogens is 512 g/mol. The maximum Gasteiger partial charge on any atom is 0.320 e. The Labute approximate surface area is 247 Å². The van der Waals surface area contributed by atoms with E-state index in [2.05, 4.69) is 80.6 Å². The number of benzene rings is 1. The summed E-state index contributed by atoms with van der Waals surface area (Å²) in [6.07, 6.45) is 6.91. The third-order valence-electron chi connectivity index (χ3n) is 11.1. The Bertz CT molecular complexity index is 1130. The monoisotopic (exact) mass is 564 g/mol. The van der Waals surface area contributed by atoms with Crippen LogP contribution in [-0.2, 0) is 9.53 Å². The summed E-state index contributed by atoms with van der Waals surface area (Å²) >= 11 is 0. The van der Waals surface area contributed by atoms with Crippen LogP contribution in [0.15, 0.2) is 30.3 Å². The maximum absolute atomic E-state index is 13.1. The standard InChI is InChI=1S/C18H29N3O2.C16H23NO/c1-12(2)21-16(22)20(7-13-8-23-9-13)11-17(21)6-15-18(10-17)5-4-14(18)19(15)3;1-16(2,3)11-15(18)17-10-9-14(12-17)13-7-5-4-6-8-13/h12-15H,4-11H2,1-3H3;4-8,14H,9-12H2,1-3H3. The highest BCUT2D eigenvalue weighted by Gasteiger charge is 2.74. The minimum Gasteiger partial charge on any atom is -0.381 e. The van der Waals surface area contributed by atoms with Gasteiger partial charge in [-0.2, -0.15) is 0 Å². The largest absolute Gasteiger partial charge is 0.381 e. The molecule has 0 N–H and O–H groups in total. The number of ether oxygens (including phenoxy) is 1. The minimum atomic E-state index is 0.0852. The zero-order valence-corrected chi connectivity index (χ0v) is 26.3. The van der Waals surface area contributed by atoms with Gasteiger partial charge in [-0.1, -0.05) is 51.1 Å². The fourth-order valence-electron chi connectivity index (χ4n) is 9.22. The van der Waals surface area contributed by atoms with E-state index in [-0.39, 0.29) is 17.0 Å². The molecular formula is C34H52N4O3. The van der Waals surface area contributed by atoms with Crippen LogP contribution in [0.2, 0.25) is 0 Å². The molecule has 2 aliphatic carbocycles. The second-order valence-corrected chi connectivity index (χ2v) is 15.6. The predicted octanol–water partition coefficient (Wildman–Crippen LogP) is 5.21. The lowest BCUT2D eigenvalue weighted by Gasteiger charge is -2.67. The zero-order chi connectivity index (χ0) is 29.2. The van der Waals surface area contributed by atoms with Crippen molar-refractivity contribution in [2.75, 3.05) is 46.4 Å². The van der Waals surface area contributed by atoms with Crippen molar-refractivity contribution in [3.8, 4) is 0 Å². The average molecular weight is 565 g/mol. The summed E-state index contributed by atoms with van der Waals surface area (Å²) < 4.78 is 5.31. The van der Waals surface area contributed by atoms with Crippen LogP contribution in [-0.4, -0.2) is 102 Å². The quantitative estimate of drug-likeness (QED) is 0.493. The normalized spacial score (nSPS) is 34.7. The smallest absolute Gasteiger partial charge is 0.320 e. The van der Waals surface area contributed by atoms with Gasteiger partial charge in [-0.3, -0.25) is 9.69 Å². The van der Waals surface area contributed by atoms with Gasteiger partial charge in [0.2, 0.25) is 5.91 Å². The van der Waals surface area contributed by atoms with E-state index in [9.17, 15) is 9.59 Å². The lowest BCUT2D eigenvalue weighted by Crippen LogP contribution is -2.73. The Morgan fingerprint density at radius 1 is 1.10 bits per heavy atom. The summed E-state index contributed by atoms with van der Waals surface area (Å²) in [5.41, 5.74) is 2.08. The first-order chi connectivity index (χ1) is 19.4. The highest BCUT2D eigenvalue weighted by Crippen LogP contribution is 2.68. The Balaban J connectivity index is 0.000000153. The lowest BCUT2D eigenvalue weighted by atomic mass is 9.53. The van der Waals surface area contributed by atoms with Crippen molar-refractivity contribution in [1.82, 2.24) is 19.6 Å². The number of nitrogens with zero attached hydrogens (tertiary/aromatic N) is 4. The van der Waals surface area contributed by atoms with Gasteiger partial charge < -0.3 is 19.4 Å². The number of hydrogen-bond donors (Lipinski definition) is 0. The summed E-state index contributed by atoms with van der Waals surface area (Å²) in [7, 11) is 2.30. The van der Waals surface area contributed by atoms with E-state index in [1.807, 2.05) is 11.0 Å². The van der Waals surface area contributed by atoms with E-state index < -0.39 is 0 Å². The van der Waals surface area contributed by atoms with Crippen molar-refractivity contribution in [3.63, 3.8) is 0 Å². The number of rotatable bonds is 5. The first kappa shape index (κ1) is 29.0. The fourth-order valence-corrected chi connectivity index (χ4v) is 9.22. The predicted molar refractivity (Wildman–Crippen MR) is 162 cm³/mol. The second kappa shape index (κ2) is 10.6. The third-order valence-corrected chi connectivity index (χ3v) is 11.1. The molecule has 41 heavy (non-hydrogen) atoms. The van der Waals surface area contributed by atoms with Crippen LogP contribution in [0.1, 0.15) is 84.6 Å². The van der Waals surface area contributed by atoms with Crippen LogP contribution < -0.4 is 0 Å². The first-order valence-electron chi connectivity index (χ1n) is 16.1. The lowest BCUT2D eigenvalue weighted by molar-refractivity contribution is -0.174.